The first-order valence-corrected chi connectivity index (χ1v) is 11.1. The zero-order valence-electron chi connectivity index (χ0n) is 15.4. The fourth-order valence-corrected chi connectivity index (χ4v) is 6.38. The lowest BCUT2D eigenvalue weighted by Crippen LogP contribution is -2.58. The fraction of sp³-hybridized carbons (Fsp3) is 0.500. The summed E-state index contributed by atoms with van der Waals surface area (Å²) in [6, 6.07) is 12.6. The molecule has 2 atom stereocenters. The first kappa shape index (κ1) is 17.8. The Hall–Kier alpha value is -1.63. The van der Waals surface area contributed by atoms with Gasteiger partial charge in [0, 0.05) is 37.3 Å². The van der Waals surface area contributed by atoms with Crippen LogP contribution in [-0.4, -0.2) is 61.4 Å². The van der Waals surface area contributed by atoms with E-state index in [-0.39, 0.29) is 17.8 Å². The van der Waals surface area contributed by atoms with E-state index in [9.17, 15) is 8.42 Å². The first-order valence-electron chi connectivity index (χ1n) is 9.29. The van der Waals surface area contributed by atoms with E-state index in [1.165, 1.54) is 5.56 Å². The summed E-state index contributed by atoms with van der Waals surface area (Å²) in [6.07, 6.45) is 0. The van der Waals surface area contributed by atoms with Gasteiger partial charge in [0.1, 0.15) is 11.5 Å². The Morgan fingerprint density at radius 1 is 1.08 bits per heavy atom. The average molecular weight is 375 g/mol. The number of sulfone groups is 1. The third kappa shape index (κ3) is 3.46. The van der Waals surface area contributed by atoms with Crippen molar-refractivity contribution >= 4 is 9.84 Å². The highest BCUT2D eigenvalue weighted by Gasteiger charge is 2.45. The van der Waals surface area contributed by atoms with Gasteiger partial charge in [-0.25, -0.2) is 8.42 Å². The van der Waals surface area contributed by atoms with Crippen LogP contribution in [0.5, 0.6) is 0 Å². The van der Waals surface area contributed by atoms with Crippen molar-refractivity contribution in [3.8, 4) is 11.3 Å². The summed E-state index contributed by atoms with van der Waals surface area (Å²) in [5.74, 6) is 2.36. The quantitative estimate of drug-likeness (QED) is 0.823. The van der Waals surface area contributed by atoms with Gasteiger partial charge in [-0.1, -0.05) is 25.1 Å². The summed E-state index contributed by atoms with van der Waals surface area (Å²) in [6.45, 7) is 7.60. The van der Waals surface area contributed by atoms with Crippen LogP contribution in [0.2, 0.25) is 0 Å². The maximum atomic E-state index is 12.2. The molecule has 4 rings (SSSR count). The lowest BCUT2D eigenvalue weighted by Gasteiger charge is -2.43. The van der Waals surface area contributed by atoms with Crippen LogP contribution in [0, 0.1) is 6.92 Å². The maximum Gasteiger partial charge on any atom is 0.153 e. The number of hydrogen-bond donors (Lipinski definition) is 0. The van der Waals surface area contributed by atoms with E-state index in [0.29, 0.717) is 5.75 Å². The highest BCUT2D eigenvalue weighted by molar-refractivity contribution is 7.91. The number of fused-ring (bicyclic) bond motifs is 1. The Bertz CT molecular complexity index is 890. The van der Waals surface area contributed by atoms with Crippen LogP contribution in [0.3, 0.4) is 0 Å². The van der Waals surface area contributed by atoms with Crippen LogP contribution in [0.15, 0.2) is 40.8 Å². The molecule has 3 heterocycles. The Labute approximate surface area is 155 Å². The molecule has 2 saturated heterocycles. The van der Waals surface area contributed by atoms with Crippen LogP contribution < -0.4 is 0 Å². The highest BCUT2D eigenvalue weighted by atomic mass is 32.2. The summed E-state index contributed by atoms with van der Waals surface area (Å²) in [7, 11) is -2.94. The third-order valence-corrected chi connectivity index (χ3v) is 7.35. The van der Waals surface area contributed by atoms with Crippen molar-refractivity contribution in [1.82, 2.24) is 9.80 Å². The van der Waals surface area contributed by atoms with Crippen molar-refractivity contribution in [3.05, 3.63) is 47.7 Å². The van der Waals surface area contributed by atoms with Gasteiger partial charge in [-0.05, 0) is 37.2 Å². The molecule has 5 nitrogen and oxygen atoms in total. The molecule has 0 bridgehead atoms. The van der Waals surface area contributed by atoms with E-state index < -0.39 is 9.84 Å². The Kier molecular flexibility index (Phi) is 4.67. The zero-order chi connectivity index (χ0) is 18.3. The third-order valence-electron chi connectivity index (χ3n) is 5.65. The number of rotatable bonds is 4. The number of benzene rings is 1. The van der Waals surface area contributed by atoms with E-state index in [2.05, 4.69) is 34.9 Å². The molecule has 26 heavy (non-hydrogen) atoms. The first-order chi connectivity index (χ1) is 12.4. The molecule has 0 amide bonds. The van der Waals surface area contributed by atoms with Crippen LogP contribution in [0.1, 0.15) is 18.2 Å². The SMILES string of the molecule is CCN1CCN(Cc2cccc(-c3ccc(C)o3)c2)[C@H]2CS(=O)(=O)C[C@H]21. The number of aryl methyl sites for hydroxylation is 1. The van der Waals surface area contributed by atoms with Gasteiger partial charge in [0.25, 0.3) is 0 Å². The molecule has 0 spiro atoms. The number of furan rings is 1. The topological polar surface area (TPSA) is 53.8 Å². The van der Waals surface area contributed by atoms with Crippen LogP contribution in [-0.2, 0) is 16.4 Å². The van der Waals surface area contributed by atoms with Crippen LogP contribution in [0.25, 0.3) is 11.3 Å². The summed E-state index contributed by atoms with van der Waals surface area (Å²) in [4.78, 5) is 4.68. The van der Waals surface area contributed by atoms with Crippen molar-refractivity contribution in [1.29, 1.82) is 0 Å². The van der Waals surface area contributed by atoms with Gasteiger partial charge in [-0.3, -0.25) is 9.80 Å². The van der Waals surface area contributed by atoms with Crippen LogP contribution in [0.4, 0.5) is 0 Å². The Balaban J connectivity index is 1.55. The number of hydrogen-bond acceptors (Lipinski definition) is 5. The molecule has 0 N–H and O–H groups in total. The molecule has 2 aromatic rings. The lowest BCUT2D eigenvalue weighted by molar-refractivity contribution is 0.0439. The van der Waals surface area contributed by atoms with E-state index in [1.807, 2.05) is 25.1 Å². The van der Waals surface area contributed by atoms with Crippen molar-refractivity contribution in [2.75, 3.05) is 31.1 Å². The summed E-state index contributed by atoms with van der Waals surface area (Å²) >= 11 is 0. The molecule has 140 valence electrons. The predicted octanol–water partition coefficient (Wildman–Crippen LogP) is 2.56. The molecule has 2 aliphatic rings. The van der Waals surface area contributed by atoms with Gasteiger partial charge < -0.3 is 4.42 Å². The van der Waals surface area contributed by atoms with Crippen molar-refractivity contribution in [2.24, 2.45) is 0 Å². The minimum atomic E-state index is -2.94. The van der Waals surface area contributed by atoms with Gasteiger partial charge in [0.05, 0.1) is 11.5 Å². The van der Waals surface area contributed by atoms with Crippen molar-refractivity contribution in [3.63, 3.8) is 0 Å². The fourth-order valence-electron chi connectivity index (χ4n) is 4.33. The number of likely N-dealkylation sites (N-methyl/N-ethyl adjacent to an activating group) is 1. The Morgan fingerprint density at radius 3 is 2.50 bits per heavy atom. The molecule has 0 aliphatic carbocycles. The molecular formula is C20H26N2O3S. The van der Waals surface area contributed by atoms with Gasteiger partial charge in [-0.2, -0.15) is 0 Å². The van der Waals surface area contributed by atoms with Gasteiger partial charge in [0.15, 0.2) is 9.84 Å². The van der Waals surface area contributed by atoms with Crippen molar-refractivity contribution in [2.45, 2.75) is 32.5 Å². The molecular weight excluding hydrogens is 348 g/mol. The monoisotopic (exact) mass is 374 g/mol. The van der Waals surface area contributed by atoms with E-state index in [4.69, 9.17) is 4.42 Å². The number of piperazine rings is 1. The van der Waals surface area contributed by atoms with Gasteiger partial charge in [-0.15, -0.1) is 0 Å². The average Bonchev–Trinajstić information content (AvgIpc) is 3.18. The lowest BCUT2D eigenvalue weighted by atomic mass is 10.0. The molecule has 0 saturated carbocycles. The summed E-state index contributed by atoms with van der Waals surface area (Å²) in [5.41, 5.74) is 2.27. The molecule has 0 unspecified atom stereocenters. The second-order valence-electron chi connectivity index (χ2n) is 7.42. The molecule has 1 aromatic carbocycles. The molecule has 6 heteroatoms. The minimum absolute atomic E-state index is 0.100. The maximum absolute atomic E-state index is 12.2. The largest absolute Gasteiger partial charge is 0.461 e. The van der Waals surface area contributed by atoms with E-state index in [1.54, 1.807) is 0 Å². The molecule has 2 fully saturated rings. The van der Waals surface area contributed by atoms with Gasteiger partial charge in [0.2, 0.25) is 0 Å². The molecule has 0 radical (unpaired) electrons. The standard InChI is InChI=1S/C20H26N2O3S/c1-3-21-9-10-22(19-14-26(23,24)13-18(19)21)12-16-5-4-6-17(11-16)20-8-7-15(2)25-20/h4-8,11,18-19H,3,9-10,12-14H2,1-2H3/t18-,19+/m1/s1. The van der Waals surface area contributed by atoms with Gasteiger partial charge >= 0.3 is 0 Å². The zero-order valence-corrected chi connectivity index (χ0v) is 16.2. The van der Waals surface area contributed by atoms with E-state index in [0.717, 1.165) is 43.3 Å². The normalized spacial score (nSPS) is 26.1. The van der Waals surface area contributed by atoms with Crippen molar-refractivity contribution < 1.29 is 12.8 Å². The van der Waals surface area contributed by atoms with E-state index >= 15 is 0 Å². The second-order valence-corrected chi connectivity index (χ2v) is 9.58. The summed E-state index contributed by atoms with van der Waals surface area (Å²) < 4.78 is 30.2. The smallest absolute Gasteiger partial charge is 0.153 e. The van der Waals surface area contributed by atoms with Crippen LogP contribution >= 0.6 is 0 Å². The molecule has 2 aliphatic heterocycles. The number of nitrogens with zero attached hydrogens (tertiary/aromatic N) is 2. The predicted molar refractivity (Wildman–Crippen MR) is 103 cm³/mol. The minimum Gasteiger partial charge on any atom is -0.461 e. The molecule has 1 aromatic heterocycles. The summed E-state index contributed by atoms with van der Waals surface area (Å²) in [5, 5.41) is 0. The Morgan fingerprint density at radius 2 is 1.81 bits per heavy atom. The highest BCUT2D eigenvalue weighted by Crippen LogP contribution is 2.29. The second kappa shape index (κ2) is 6.83.